The van der Waals surface area contributed by atoms with Gasteiger partial charge in [0.05, 0.1) is 10.8 Å². The van der Waals surface area contributed by atoms with Crippen molar-refractivity contribution in [3.8, 4) is 0 Å². The van der Waals surface area contributed by atoms with Crippen LogP contribution in [0, 0.1) is 0 Å². The zero-order valence-electron chi connectivity index (χ0n) is 12.8. The van der Waals surface area contributed by atoms with Crippen LogP contribution in [0.1, 0.15) is 0 Å². The first-order valence-electron chi connectivity index (χ1n) is 7.30. The van der Waals surface area contributed by atoms with Crippen molar-refractivity contribution in [1.29, 1.82) is 0 Å². The molecule has 4 nitrogen and oxygen atoms in total. The predicted molar refractivity (Wildman–Crippen MR) is 119 cm³/mol. The molecule has 0 spiro atoms. The van der Waals surface area contributed by atoms with E-state index in [1.807, 2.05) is 0 Å². The molecule has 5 aromatic rings. The molecule has 0 aliphatic rings. The zero-order valence-corrected chi connectivity index (χ0v) is 18.9. The molecule has 4 aromatic heterocycles. The van der Waals surface area contributed by atoms with Crippen LogP contribution in [-0.2, 0) is 0 Å². The van der Waals surface area contributed by atoms with Gasteiger partial charge in [-0.2, -0.15) is 0 Å². The van der Waals surface area contributed by atoms with E-state index in [1.54, 1.807) is 0 Å². The summed E-state index contributed by atoms with van der Waals surface area (Å²) in [5.41, 5.74) is 0. The molecule has 12 heteroatoms. The molecule has 0 fully saturated rings. The molecule has 0 amide bonds. The third kappa shape index (κ3) is 2.41. The number of benzene rings is 1. The maximum atomic E-state index is 6.46. The Bertz CT molecular complexity index is 1280. The van der Waals surface area contributed by atoms with Gasteiger partial charge in [0.15, 0.2) is 0 Å². The lowest BCUT2D eigenvalue weighted by Gasteiger charge is -2.18. The average molecular weight is 532 g/mol. The van der Waals surface area contributed by atoms with Crippen LogP contribution in [0.15, 0.2) is 0 Å². The highest BCUT2D eigenvalue weighted by Gasteiger charge is 2.28. The number of halogens is 8. The first-order valence-corrected chi connectivity index (χ1v) is 10.3. The zero-order chi connectivity index (χ0) is 20.1. The van der Waals surface area contributed by atoms with Gasteiger partial charge in [0.2, 0.25) is 0 Å². The van der Waals surface area contributed by atoms with Crippen molar-refractivity contribution in [2.45, 2.75) is 0 Å². The fourth-order valence-corrected chi connectivity index (χ4v) is 5.89. The van der Waals surface area contributed by atoms with Gasteiger partial charge in [-0.05, 0) is 0 Å². The van der Waals surface area contributed by atoms with Crippen LogP contribution in [-0.4, -0.2) is 19.9 Å². The van der Waals surface area contributed by atoms with Gasteiger partial charge in [0.25, 0.3) is 0 Å². The highest BCUT2D eigenvalue weighted by atomic mass is 35.5. The quantitative estimate of drug-likeness (QED) is 0.114. The Kier molecular flexibility index (Phi) is 4.48. The molecule has 1 aromatic carbocycles. The smallest absolute Gasteiger partial charge is 0.141 e. The van der Waals surface area contributed by atoms with Crippen molar-refractivity contribution < 1.29 is 0 Å². The molecule has 0 aliphatic carbocycles. The summed E-state index contributed by atoms with van der Waals surface area (Å²) >= 11 is 51.0. The lowest BCUT2D eigenvalue weighted by molar-refractivity contribution is 1.33. The Balaban J connectivity index is 2.38. The molecule has 0 radical (unpaired) electrons. The standard InChI is InChI=1S/C16Cl8N4/c17-9-3-1-4(10(18)26-14(22)7(1)13(21)25-9)6-2-5(3)11(19)27-15(23)8(2)16(24)28-12(6)20. The van der Waals surface area contributed by atoms with Crippen LogP contribution < -0.4 is 0 Å². The van der Waals surface area contributed by atoms with Crippen molar-refractivity contribution in [2.75, 3.05) is 0 Å². The van der Waals surface area contributed by atoms with Gasteiger partial charge in [0.1, 0.15) is 41.2 Å². The second-order valence-electron chi connectivity index (χ2n) is 5.77. The summed E-state index contributed by atoms with van der Waals surface area (Å²) in [6, 6.07) is 0. The second kappa shape index (κ2) is 6.47. The minimum Gasteiger partial charge on any atom is -0.223 e. The molecule has 0 bridgehead atoms. The normalized spacial score (nSPS) is 12.3. The maximum absolute atomic E-state index is 6.46. The summed E-state index contributed by atoms with van der Waals surface area (Å²) in [6.45, 7) is 0. The van der Waals surface area contributed by atoms with E-state index in [-0.39, 0.29) is 41.2 Å². The van der Waals surface area contributed by atoms with Crippen molar-refractivity contribution >= 4 is 136 Å². The maximum Gasteiger partial charge on any atom is 0.141 e. The molecule has 5 rings (SSSR count). The van der Waals surface area contributed by atoms with Crippen LogP contribution in [0.25, 0.3) is 43.1 Å². The van der Waals surface area contributed by atoms with E-state index in [0.29, 0.717) is 43.1 Å². The lowest BCUT2D eigenvalue weighted by Crippen LogP contribution is -1.98. The summed E-state index contributed by atoms with van der Waals surface area (Å²) in [4.78, 5) is 16.7. The van der Waals surface area contributed by atoms with Gasteiger partial charge < -0.3 is 0 Å². The van der Waals surface area contributed by atoms with Gasteiger partial charge in [-0.15, -0.1) is 0 Å². The Morgan fingerprint density at radius 2 is 0.429 bits per heavy atom. The van der Waals surface area contributed by atoms with E-state index in [9.17, 15) is 0 Å². The Morgan fingerprint density at radius 3 is 0.643 bits per heavy atom. The Morgan fingerprint density at radius 1 is 0.250 bits per heavy atom. The van der Waals surface area contributed by atoms with E-state index in [4.69, 9.17) is 92.8 Å². The molecular weight excluding hydrogens is 532 g/mol. The monoisotopic (exact) mass is 528 g/mol. The van der Waals surface area contributed by atoms with Crippen molar-refractivity contribution in [3.63, 3.8) is 0 Å². The Hall–Kier alpha value is -0.560. The summed E-state index contributed by atoms with van der Waals surface area (Å²) in [6.07, 6.45) is 0. The number of fused-ring (bicyclic) bond motifs is 2. The van der Waals surface area contributed by atoms with E-state index in [0.717, 1.165) is 0 Å². The molecule has 0 saturated heterocycles. The third-order valence-electron chi connectivity index (χ3n) is 4.44. The molecule has 0 aliphatic heterocycles. The largest absolute Gasteiger partial charge is 0.223 e. The Labute approximate surface area is 195 Å². The van der Waals surface area contributed by atoms with E-state index in [1.165, 1.54) is 0 Å². The number of rotatable bonds is 0. The van der Waals surface area contributed by atoms with Gasteiger partial charge >= 0.3 is 0 Å². The molecule has 0 saturated carbocycles. The topological polar surface area (TPSA) is 51.6 Å². The van der Waals surface area contributed by atoms with Gasteiger partial charge in [-0.3, -0.25) is 0 Å². The summed E-state index contributed by atoms with van der Waals surface area (Å²) in [7, 11) is 0. The minimum absolute atomic E-state index is 0.0509. The van der Waals surface area contributed by atoms with Gasteiger partial charge in [0, 0.05) is 32.3 Å². The lowest BCUT2D eigenvalue weighted by atomic mass is 9.95. The van der Waals surface area contributed by atoms with Crippen molar-refractivity contribution in [2.24, 2.45) is 0 Å². The van der Waals surface area contributed by atoms with Crippen LogP contribution in [0.3, 0.4) is 0 Å². The van der Waals surface area contributed by atoms with Crippen LogP contribution in [0.5, 0.6) is 0 Å². The van der Waals surface area contributed by atoms with E-state index < -0.39 is 0 Å². The SMILES string of the molecule is Clc1nc(Cl)c2c3c(Cl)nc(Cl)c4c(Cl)nc(Cl)c(c5c(Cl)nc(Cl)c1c25)c43. The number of hydrogen-bond donors (Lipinski definition) is 0. The summed E-state index contributed by atoms with van der Waals surface area (Å²) < 4.78 is 0. The number of aromatic nitrogens is 4. The molecule has 4 heterocycles. The van der Waals surface area contributed by atoms with E-state index >= 15 is 0 Å². The van der Waals surface area contributed by atoms with Crippen molar-refractivity contribution in [3.05, 3.63) is 41.2 Å². The average Bonchev–Trinajstić information content (AvgIpc) is 2.58. The van der Waals surface area contributed by atoms with Crippen LogP contribution in [0.4, 0.5) is 0 Å². The molecule has 140 valence electrons. The first kappa shape index (κ1) is 19.4. The fourth-order valence-electron chi connectivity index (χ4n) is 3.45. The second-order valence-corrected chi connectivity index (χ2v) is 8.64. The molecule has 28 heavy (non-hydrogen) atoms. The molecule has 0 N–H and O–H groups in total. The minimum atomic E-state index is 0.0509. The van der Waals surface area contributed by atoms with Crippen molar-refractivity contribution in [1.82, 2.24) is 19.9 Å². The third-order valence-corrected chi connectivity index (χ3v) is 6.62. The predicted octanol–water partition coefficient (Wildman–Crippen LogP) is 8.54. The number of hydrogen-bond acceptors (Lipinski definition) is 4. The highest BCUT2D eigenvalue weighted by molar-refractivity contribution is 6.56. The number of nitrogens with zero attached hydrogens (tertiary/aromatic N) is 4. The van der Waals surface area contributed by atoms with E-state index in [2.05, 4.69) is 19.9 Å². The van der Waals surface area contributed by atoms with Gasteiger partial charge in [-0.1, -0.05) is 92.8 Å². The first-order chi connectivity index (χ1) is 13.2. The fraction of sp³-hybridized carbons (Fsp3) is 0. The van der Waals surface area contributed by atoms with Crippen LogP contribution in [0.2, 0.25) is 41.2 Å². The van der Waals surface area contributed by atoms with Crippen LogP contribution >= 0.6 is 92.8 Å². The summed E-state index contributed by atoms with van der Waals surface area (Å²) in [5.74, 6) is 0. The molecule has 0 atom stereocenters. The summed E-state index contributed by atoms with van der Waals surface area (Å²) in [5, 5.41) is 3.84. The molecule has 0 unspecified atom stereocenters. The molecular formula is C16Cl8N4. The highest BCUT2D eigenvalue weighted by Crippen LogP contribution is 2.51. The number of pyridine rings is 4. The van der Waals surface area contributed by atoms with Gasteiger partial charge in [-0.25, -0.2) is 19.9 Å².